The standard InChI is InChI=1S/C18H32F3NO3/c1-4-5-6-7-8-9-10-11-12-25-16(23)15(13-14(2)3)22-17(24)18(19,20)21/h14-15H,4-13H2,1-3H3,(H,22,24). The highest BCUT2D eigenvalue weighted by Crippen LogP contribution is 2.16. The Bertz CT molecular complexity index is 384. The van der Waals surface area contributed by atoms with Gasteiger partial charge in [-0.15, -0.1) is 0 Å². The van der Waals surface area contributed by atoms with Crippen LogP contribution in [0.1, 0.15) is 78.6 Å². The van der Waals surface area contributed by atoms with E-state index in [9.17, 15) is 22.8 Å². The molecule has 1 atom stereocenters. The summed E-state index contributed by atoms with van der Waals surface area (Å²) in [5, 5.41) is 1.73. The number of unbranched alkanes of at least 4 members (excludes halogenated alkanes) is 7. The van der Waals surface area contributed by atoms with Gasteiger partial charge in [-0.2, -0.15) is 13.2 Å². The smallest absolute Gasteiger partial charge is 0.464 e. The number of halogens is 3. The topological polar surface area (TPSA) is 55.4 Å². The van der Waals surface area contributed by atoms with E-state index in [0.717, 1.165) is 19.3 Å². The minimum atomic E-state index is -5.01. The summed E-state index contributed by atoms with van der Waals surface area (Å²) >= 11 is 0. The Balaban J connectivity index is 4.08. The van der Waals surface area contributed by atoms with E-state index >= 15 is 0 Å². The summed E-state index contributed by atoms with van der Waals surface area (Å²) in [5.41, 5.74) is 0. The van der Waals surface area contributed by atoms with E-state index in [2.05, 4.69) is 6.92 Å². The molecule has 148 valence electrons. The monoisotopic (exact) mass is 367 g/mol. The maximum absolute atomic E-state index is 12.3. The SMILES string of the molecule is CCCCCCCCCCOC(=O)C(CC(C)C)NC(=O)C(F)(F)F. The molecule has 0 aromatic carbocycles. The number of amides is 1. The third-order valence-corrected chi connectivity index (χ3v) is 3.80. The van der Waals surface area contributed by atoms with Crippen molar-refractivity contribution < 1.29 is 27.5 Å². The Morgan fingerprint density at radius 2 is 1.48 bits per heavy atom. The van der Waals surface area contributed by atoms with Crippen LogP contribution in [0.15, 0.2) is 0 Å². The molecule has 0 saturated heterocycles. The van der Waals surface area contributed by atoms with Crippen molar-refractivity contribution in [1.82, 2.24) is 5.32 Å². The first kappa shape index (κ1) is 23.7. The molecule has 0 rings (SSSR count). The van der Waals surface area contributed by atoms with Crippen LogP contribution in [-0.2, 0) is 14.3 Å². The van der Waals surface area contributed by atoms with Gasteiger partial charge in [0.25, 0.3) is 0 Å². The summed E-state index contributed by atoms with van der Waals surface area (Å²) in [5.74, 6) is -2.95. The minimum Gasteiger partial charge on any atom is -0.464 e. The van der Waals surface area contributed by atoms with Crippen molar-refractivity contribution in [3.63, 3.8) is 0 Å². The molecule has 0 heterocycles. The number of ether oxygens (including phenoxy) is 1. The van der Waals surface area contributed by atoms with Gasteiger partial charge in [-0.1, -0.05) is 65.7 Å². The van der Waals surface area contributed by atoms with E-state index in [0.29, 0.717) is 6.42 Å². The molecule has 1 N–H and O–H groups in total. The van der Waals surface area contributed by atoms with E-state index in [-0.39, 0.29) is 18.9 Å². The highest BCUT2D eigenvalue weighted by atomic mass is 19.4. The van der Waals surface area contributed by atoms with Crippen LogP contribution in [0, 0.1) is 5.92 Å². The molecule has 0 spiro atoms. The van der Waals surface area contributed by atoms with Crippen LogP contribution in [0.3, 0.4) is 0 Å². The number of carbonyl (C=O) groups excluding carboxylic acids is 2. The van der Waals surface area contributed by atoms with Gasteiger partial charge in [0, 0.05) is 0 Å². The number of rotatable bonds is 13. The van der Waals surface area contributed by atoms with Crippen LogP contribution < -0.4 is 5.32 Å². The lowest BCUT2D eigenvalue weighted by atomic mass is 10.0. The first-order valence-corrected chi connectivity index (χ1v) is 9.22. The molecular weight excluding hydrogens is 335 g/mol. The van der Waals surface area contributed by atoms with Gasteiger partial charge in [0.2, 0.25) is 0 Å². The van der Waals surface area contributed by atoms with Crippen molar-refractivity contribution in [2.75, 3.05) is 6.61 Å². The number of hydrogen-bond donors (Lipinski definition) is 1. The average Bonchev–Trinajstić information content (AvgIpc) is 2.51. The third-order valence-electron chi connectivity index (χ3n) is 3.80. The third kappa shape index (κ3) is 12.7. The van der Waals surface area contributed by atoms with Gasteiger partial charge in [-0.25, -0.2) is 4.79 Å². The van der Waals surface area contributed by atoms with Gasteiger partial charge >= 0.3 is 18.1 Å². The fourth-order valence-corrected chi connectivity index (χ4v) is 2.43. The first-order chi connectivity index (χ1) is 11.7. The van der Waals surface area contributed by atoms with Crippen molar-refractivity contribution >= 4 is 11.9 Å². The van der Waals surface area contributed by atoms with Crippen molar-refractivity contribution in [3.05, 3.63) is 0 Å². The van der Waals surface area contributed by atoms with Crippen molar-refractivity contribution in [1.29, 1.82) is 0 Å². The molecule has 0 aromatic heterocycles. The van der Waals surface area contributed by atoms with E-state index < -0.39 is 24.1 Å². The van der Waals surface area contributed by atoms with Gasteiger partial charge < -0.3 is 10.1 Å². The van der Waals surface area contributed by atoms with Gasteiger partial charge in [-0.05, 0) is 18.8 Å². The number of esters is 1. The molecule has 4 nitrogen and oxygen atoms in total. The zero-order valence-electron chi connectivity index (χ0n) is 15.6. The maximum atomic E-state index is 12.3. The lowest BCUT2D eigenvalue weighted by Gasteiger charge is -2.20. The number of hydrogen-bond acceptors (Lipinski definition) is 3. The Kier molecular flexibility index (Phi) is 12.3. The molecule has 0 bridgehead atoms. The van der Waals surface area contributed by atoms with Crippen LogP contribution in [0.2, 0.25) is 0 Å². The highest BCUT2D eigenvalue weighted by Gasteiger charge is 2.41. The number of nitrogens with one attached hydrogen (secondary N) is 1. The minimum absolute atomic E-state index is 0.0470. The maximum Gasteiger partial charge on any atom is 0.471 e. The van der Waals surface area contributed by atoms with E-state index in [1.54, 1.807) is 19.2 Å². The molecule has 0 saturated carbocycles. The van der Waals surface area contributed by atoms with Crippen molar-refractivity contribution in [2.24, 2.45) is 5.92 Å². The summed E-state index contributed by atoms with van der Waals surface area (Å²) in [6, 6.07) is -1.26. The summed E-state index contributed by atoms with van der Waals surface area (Å²) < 4.78 is 42.1. The van der Waals surface area contributed by atoms with Gasteiger partial charge in [0.1, 0.15) is 6.04 Å². The lowest BCUT2D eigenvalue weighted by Crippen LogP contribution is -2.48. The van der Waals surface area contributed by atoms with Gasteiger partial charge in [0.05, 0.1) is 6.61 Å². The van der Waals surface area contributed by atoms with Crippen LogP contribution in [0.25, 0.3) is 0 Å². The Hall–Kier alpha value is -1.27. The molecule has 0 aliphatic rings. The number of alkyl halides is 3. The highest BCUT2D eigenvalue weighted by molar-refractivity contribution is 5.87. The molecule has 7 heteroatoms. The molecule has 1 amide bonds. The summed E-state index contributed by atoms with van der Waals surface area (Å²) in [6.07, 6.45) is 3.80. The normalized spacial score (nSPS) is 12.9. The predicted octanol–water partition coefficient (Wildman–Crippen LogP) is 4.76. The molecule has 25 heavy (non-hydrogen) atoms. The summed E-state index contributed by atoms with van der Waals surface area (Å²) in [4.78, 5) is 23.0. The average molecular weight is 367 g/mol. The molecule has 1 unspecified atom stereocenters. The molecule has 0 fully saturated rings. The molecule has 0 aliphatic heterocycles. The molecule has 0 aromatic rings. The zero-order chi connectivity index (χ0) is 19.3. The van der Waals surface area contributed by atoms with E-state index in [1.165, 1.54) is 25.7 Å². The predicted molar refractivity (Wildman–Crippen MR) is 91.0 cm³/mol. The van der Waals surface area contributed by atoms with Crippen molar-refractivity contribution in [2.45, 2.75) is 90.8 Å². The molecule has 0 aliphatic carbocycles. The second-order valence-corrected chi connectivity index (χ2v) is 6.80. The van der Waals surface area contributed by atoms with E-state index in [4.69, 9.17) is 4.74 Å². The quantitative estimate of drug-likeness (QED) is 0.377. The zero-order valence-corrected chi connectivity index (χ0v) is 15.6. The lowest BCUT2D eigenvalue weighted by molar-refractivity contribution is -0.176. The summed E-state index contributed by atoms with van der Waals surface area (Å²) in [6.45, 7) is 5.86. The van der Waals surface area contributed by atoms with Crippen LogP contribution >= 0.6 is 0 Å². The fraction of sp³-hybridized carbons (Fsp3) is 0.889. The Labute approximate surface area is 148 Å². The second kappa shape index (κ2) is 13.0. The fourth-order valence-electron chi connectivity index (χ4n) is 2.43. The molecule has 0 radical (unpaired) electrons. The van der Waals surface area contributed by atoms with E-state index in [1.807, 2.05) is 0 Å². The second-order valence-electron chi connectivity index (χ2n) is 6.80. The van der Waals surface area contributed by atoms with Crippen LogP contribution in [0.5, 0.6) is 0 Å². The summed E-state index contributed by atoms with van der Waals surface area (Å²) in [7, 11) is 0. The molecular formula is C18H32F3NO3. The van der Waals surface area contributed by atoms with Crippen LogP contribution in [-0.4, -0.2) is 30.7 Å². The van der Waals surface area contributed by atoms with Gasteiger partial charge in [0.15, 0.2) is 0 Å². The first-order valence-electron chi connectivity index (χ1n) is 9.22. The Morgan fingerprint density at radius 1 is 0.960 bits per heavy atom. The van der Waals surface area contributed by atoms with Crippen LogP contribution in [0.4, 0.5) is 13.2 Å². The number of carbonyl (C=O) groups is 2. The van der Waals surface area contributed by atoms with Crippen molar-refractivity contribution in [3.8, 4) is 0 Å². The Morgan fingerprint density at radius 3 is 1.96 bits per heavy atom. The van der Waals surface area contributed by atoms with Gasteiger partial charge in [-0.3, -0.25) is 4.79 Å². The largest absolute Gasteiger partial charge is 0.471 e.